The van der Waals surface area contributed by atoms with Gasteiger partial charge in [0.2, 0.25) is 0 Å². The van der Waals surface area contributed by atoms with E-state index in [1.54, 1.807) is 0 Å². The molecule has 0 saturated carbocycles. The number of nitrogens with zero attached hydrogens (tertiary/aromatic N) is 1. The number of aromatic amines is 1. The lowest BCUT2D eigenvalue weighted by molar-refractivity contribution is 0.449. The molecule has 1 aromatic carbocycles. The number of halogens is 1. The Hall–Kier alpha value is -1.13. The van der Waals surface area contributed by atoms with Crippen LogP contribution in [0.5, 0.6) is 0 Å². The lowest BCUT2D eigenvalue weighted by atomic mass is 10.00. The predicted octanol–water partition coefficient (Wildman–Crippen LogP) is 3.73. The minimum atomic E-state index is -0.404. The molecule has 2 aromatic rings. The smallest absolute Gasteiger partial charge is 0.126 e. The number of benzene rings is 1. The molecule has 0 aliphatic rings. The monoisotopic (exact) mass is 307 g/mol. The van der Waals surface area contributed by atoms with E-state index in [1.807, 2.05) is 26.0 Å². The molecule has 0 amide bonds. The Labute approximate surface area is 116 Å². The standard InChI is InChI=1S/C14H18BrN3/c1-4-14(3,16)13-17-9(2)12(18-13)10-5-7-11(15)8-6-10/h5-8H,4,16H2,1-3H3,(H,17,18). The number of aryl methyl sites for hydroxylation is 1. The molecule has 1 aromatic heterocycles. The molecule has 3 nitrogen and oxygen atoms in total. The number of imidazole rings is 1. The summed E-state index contributed by atoms with van der Waals surface area (Å²) >= 11 is 3.44. The van der Waals surface area contributed by atoms with Gasteiger partial charge < -0.3 is 10.7 Å². The maximum absolute atomic E-state index is 6.22. The fourth-order valence-corrected chi connectivity index (χ4v) is 2.05. The number of H-pyrrole nitrogens is 1. The van der Waals surface area contributed by atoms with Crippen LogP contribution in [0.1, 0.15) is 31.8 Å². The zero-order valence-electron chi connectivity index (χ0n) is 10.9. The van der Waals surface area contributed by atoms with Gasteiger partial charge in [-0.15, -0.1) is 0 Å². The second-order valence-corrected chi connectivity index (χ2v) is 5.75. The maximum atomic E-state index is 6.22. The fraction of sp³-hybridized carbons (Fsp3) is 0.357. The van der Waals surface area contributed by atoms with E-state index in [9.17, 15) is 0 Å². The Balaban J connectivity index is 2.44. The molecular weight excluding hydrogens is 290 g/mol. The molecule has 0 saturated heterocycles. The molecule has 2 rings (SSSR count). The lowest BCUT2D eigenvalue weighted by Crippen LogP contribution is -2.33. The van der Waals surface area contributed by atoms with Gasteiger partial charge in [-0.25, -0.2) is 4.98 Å². The molecule has 0 radical (unpaired) electrons. The number of rotatable bonds is 3. The van der Waals surface area contributed by atoms with Gasteiger partial charge in [0, 0.05) is 15.7 Å². The number of aromatic nitrogens is 2. The molecule has 0 aliphatic heterocycles. The Morgan fingerprint density at radius 3 is 2.50 bits per heavy atom. The van der Waals surface area contributed by atoms with E-state index in [1.165, 1.54) is 0 Å². The molecule has 1 atom stereocenters. The van der Waals surface area contributed by atoms with E-state index in [2.05, 4.69) is 45.0 Å². The van der Waals surface area contributed by atoms with Gasteiger partial charge in [-0.3, -0.25) is 0 Å². The highest BCUT2D eigenvalue weighted by atomic mass is 79.9. The van der Waals surface area contributed by atoms with Crippen molar-refractivity contribution in [2.45, 2.75) is 32.7 Å². The molecule has 1 heterocycles. The van der Waals surface area contributed by atoms with E-state index in [-0.39, 0.29) is 0 Å². The predicted molar refractivity (Wildman–Crippen MR) is 78.3 cm³/mol. The third kappa shape index (κ3) is 2.49. The van der Waals surface area contributed by atoms with E-state index < -0.39 is 5.54 Å². The summed E-state index contributed by atoms with van der Waals surface area (Å²) in [6.07, 6.45) is 0.847. The number of nitrogens with one attached hydrogen (secondary N) is 1. The van der Waals surface area contributed by atoms with Crippen molar-refractivity contribution >= 4 is 15.9 Å². The van der Waals surface area contributed by atoms with Gasteiger partial charge in [0.1, 0.15) is 5.82 Å². The molecule has 3 N–H and O–H groups in total. The zero-order valence-corrected chi connectivity index (χ0v) is 12.5. The van der Waals surface area contributed by atoms with Crippen molar-refractivity contribution in [2.75, 3.05) is 0 Å². The number of hydrogen-bond donors (Lipinski definition) is 2. The minimum Gasteiger partial charge on any atom is -0.344 e. The van der Waals surface area contributed by atoms with Crippen molar-refractivity contribution in [3.8, 4) is 11.3 Å². The highest BCUT2D eigenvalue weighted by Gasteiger charge is 2.23. The molecule has 0 spiro atoms. The van der Waals surface area contributed by atoms with Gasteiger partial charge in [-0.05, 0) is 32.4 Å². The largest absolute Gasteiger partial charge is 0.344 e. The van der Waals surface area contributed by atoms with Gasteiger partial charge in [0.05, 0.1) is 11.2 Å². The molecule has 0 bridgehead atoms. The van der Waals surface area contributed by atoms with Crippen LogP contribution in [-0.2, 0) is 5.54 Å². The number of hydrogen-bond acceptors (Lipinski definition) is 2. The summed E-state index contributed by atoms with van der Waals surface area (Å²) in [4.78, 5) is 7.96. The van der Waals surface area contributed by atoms with Gasteiger partial charge >= 0.3 is 0 Å². The first-order valence-corrected chi connectivity index (χ1v) is 6.85. The van der Waals surface area contributed by atoms with E-state index in [0.717, 1.165) is 33.7 Å². The summed E-state index contributed by atoms with van der Waals surface area (Å²) < 4.78 is 1.07. The first-order valence-electron chi connectivity index (χ1n) is 6.06. The normalized spacial score (nSPS) is 14.5. The van der Waals surface area contributed by atoms with Crippen molar-refractivity contribution in [2.24, 2.45) is 5.73 Å². The first-order chi connectivity index (χ1) is 8.44. The summed E-state index contributed by atoms with van der Waals surface area (Å²) in [6.45, 7) is 6.09. The summed E-state index contributed by atoms with van der Waals surface area (Å²) in [5, 5.41) is 0. The van der Waals surface area contributed by atoms with Crippen LogP contribution in [0.4, 0.5) is 0 Å². The van der Waals surface area contributed by atoms with Crippen LogP contribution in [0.2, 0.25) is 0 Å². The van der Waals surface area contributed by atoms with Crippen LogP contribution < -0.4 is 5.73 Å². The van der Waals surface area contributed by atoms with Crippen molar-refractivity contribution < 1.29 is 0 Å². The van der Waals surface area contributed by atoms with Gasteiger partial charge in [-0.1, -0.05) is 35.0 Å². The van der Waals surface area contributed by atoms with Gasteiger partial charge in [0.25, 0.3) is 0 Å². The molecule has 96 valence electrons. The zero-order chi connectivity index (χ0) is 13.3. The molecule has 1 unspecified atom stereocenters. The lowest BCUT2D eigenvalue weighted by Gasteiger charge is -2.19. The summed E-state index contributed by atoms with van der Waals surface area (Å²) in [6, 6.07) is 8.14. The summed E-state index contributed by atoms with van der Waals surface area (Å²) in [5.74, 6) is 0.848. The van der Waals surface area contributed by atoms with E-state index in [0.29, 0.717) is 0 Å². The van der Waals surface area contributed by atoms with Crippen molar-refractivity contribution in [3.63, 3.8) is 0 Å². The Bertz CT molecular complexity index is 541. The molecule has 0 aliphatic carbocycles. The van der Waals surface area contributed by atoms with E-state index in [4.69, 9.17) is 5.73 Å². The summed E-state index contributed by atoms with van der Waals surface area (Å²) in [5.41, 5.74) is 8.95. The Morgan fingerprint density at radius 2 is 1.94 bits per heavy atom. The second kappa shape index (κ2) is 4.86. The van der Waals surface area contributed by atoms with Crippen LogP contribution in [0, 0.1) is 6.92 Å². The quantitative estimate of drug-likeness (QED) is 0.907. The minimum absolute atomic E-state index is 0.404. The van der Waals surface area contributed by atoms with Crippen LogP contribution in [0.25, 0.3) is 11.3 Å². The Morgan fingerprint density at radius 1 is 1.33 bits per heavy atom. The average Bonchev–Trinajstić information content (AvgIpc) is 2.73. The fourth-order valence-electron chi connectivity index (χ4n) is 1.79. The highest BCUT2D eigenvalue weighted by Crippen LogP contribution is 2.27. The molecule has 18 heavy (non-hydrogen) atoms. The topological polar surface area (TPSA) is 54.7 Å². The molecular formula is C14H18BrN3. The Kier molecular flexibility index (Phi) is 3.59. The van der Waals surface area contributed by atoms with Crippen LogP contribution >= 0.6 is 15.9 Å². The average molecular weight is 308 g/mol. The maximum Gasteiger partial charge on any atom is 0.126 e. The van der Waals surface area contributed by atoms with Crippen LogP contribution in [0.3, 0.4) is 0 Å². The SMILES string of the molecule is CCC(C)(N)c1nc(-c2ccc(Br)cc2)c(C)[nH]1. The van der Waals surface area contributed by atoms with E-state index >= 15 is 0 Å². The molecule has 0 fully saturated rings. The van der Waals surface area contributed by atoms with Gasteiger partial charge in [0.15, 0.2) is 0 Å². The summed E-state index contributed by atoms with van der Waals surface area (Å²) in [7, 11) is 0. The van der Waals surface area contributed by atoms with Crippen LogP contribution in [0.15, 0.2) is 28.7 Å². The van der Waals surface area contributed by atoms with Gasteiger partial charge in [-0.2, -0.15) is 0 Å². The van der Waals surface area contributed by atoms with Crippen molar-refractivity contribution in [1.82, 2.24) is 9.97 Å². The van der Waals surface area contributed by atoms with Crippen molar-refractivity contribution in [1.29, 1.82) is 0 Å². The molecule has 4 heteroatoms. The van der Waals surface area contributed by atoms with Crippen LogP contribution in [-0.4, -0.2) is 9.97 Å². The first kappa shape index (κ1) is 13.3. The van der Waals surface area contributed by atoms with Crippen molar-refractivity contribution in [3.05, 3.63) is 40.3 Å². The third-order valence-corrected chi connectivity index (χ3v) is 3.81. The number of nitrogens with two attached hydrogens (primary N) is 1. The third-order valence-electron chi connectivity index (χ3n) is 3.28. The highest BCUT2D eigenvalue weighted by molar-refractivity contribution is 9.10. The second-order valence-electron chi connectivity index (χ2n) is 4.84.